The lowest BCUT2D eigenvalue weighted by Crippen LogP contribution is -2.37. The highest BCUT2D eigenvalue weighted by atomic mass is 16.2. The molecule has 5 nitrogen and oxygen atoms in total. The lowest BCUT2D eigenvalue weighted by molar-refractivity contribution is -0.124. The van der Waals surface area contributed by atoms with Gasteiger partial charge in [0.25, 0.3) is 0 Å². The van der Waals surface area contributed by atoms with Crippen molar-refractivity contribution >= 4 is 5.91 Å². The van der Waals surface area contributed by atoms with E-state index in [1.54, 1.807) is 19.1 Å². The Hall–Kier alpha value is -1.36. The van der Waals surface area contributed by atoms with Crippen LogP contribution in [0.25, 0.3) is 0 Å². The van der Waals surface area contributed by atoms with Crippen molar-refractivity contribution in [1.82, 2.24) is 20.2 Å². The summed E-state index contributed by atoms with van der Waals surface area (Å²) >= 11 is 0. The van der Waals surface area contributed by atoms with Crippen LogP contribution in [0.2, 0.25) is 0 Å². The number of hydrazine groups is 1. The molecule has 0 spiro atoms. The van der Waals surface area contributed by atoms with E-state index in [1.807, 2.05) is 18.5 Å². The normalized spacial score (nSPS) is 11.3. The second-order valence-electron chi connectivity index (χ2n) is 5.33. The average Bonchev–Trinajstić information content (AvgIpc) is 2.44. The van der Waals surface area contributed by atoms with Crippen molar-refractivity contribution in [3.63, 3.8) is 0 Å². The first-order chi connectivity index (χ1) is 8.31. The zero-order valence-corrected chi connectivity index (χ0v) is 12.2. The molecule has 0 atom stereocenters. The molecule has 0 saturated carbocycles. The molecule has 0 aliphatic carbocycles. The molecule has 1 heterocycles. The van der Waals surface area contributed by atoms with Gasteiger partial charge in [-0.15, -0.1) is 0 Å². The Morgan fingerprint density at radius 1 is 1.39 bits per heavy atom. The Labute approximate surface area is 109 Å². The highest BCUT2D eigenvalue weighted by molar-refractivity contribution is 5.78. The van der Waals surface area contributed by atoms with Gasteiger partial charge in [0.05, 0.1) is 12.1 Å². The summed E-state index contributed by atoms with van der Waals surface area (Å²) in [4.78, 5) is 11.8. The van der Waals surface area contributed by atoms with Crippen molar-refractivity contribution < 1.29 is 4.79 Å². The minimum Gasteiger partial charge on any atom is -0.289 e. The topological polar surface area (TPSA) is 50.2 Å². The fraction of sp³-hybridized carbons (Fsp3) is 0.692. The molecule has 0 saturated heterocycles. The molecular formula is C13H24N4O. The number of nitrogens with zero attached hydrogens (tertiary/aromatic N) is 3. The van der Waals surface area contributed by atoms with Gasteiger partial charge in [0, 0.05) is 31.9 Å². The van der Waals surface area contributed by atoms with Crippen LogP contribution in [0.4, 0.5) is 0 Å². The van der Waals surface area contributed by atoms with Crippen molar-refractivity contribution in [3.8, 4) is 0 Å². The van der Waals surface area contributed by atoms with E-state index in [9.17, 15) is 4.79 Å². The van der Waals surface area contributed by atoms with Crippen LogP contribution in [0.15, 0.2) is 0 Å². The largest absolute Gasteiger partial charge is 0.289 e. The summed E-state index contributed by atoms with van der Waals surface area (Å²) in [6.45, 7) is 9.20. The first-order valence-corrected chi connectivity index (χ1v) is 6.31. The number of aryl methyl sites for hydroxylation is 1. The monoisotopic (exact) mass is 252 g/mol. The Morgan fingerprint density at radius 2 is 2.00 bits per heavy atom. The van der Waals surface area contributed by atoms with Gasteiger partial charge in [-0.25, -0.2) is 5.01 Å². The number of hydrogen-bond acceptors (Lipinski definition) is 3. The Kier molecular flexibility index (Phi) is 4.90. The van der Waals surface area contributed by atoms with E-state index in [2.05, 4.69) is 24.4 Å². The van der Waals surface area contributed by atoms with Crippen molar-refractivity contribution in [2.75, 3.05) is 14.1 Å². The fourth-order valence-corrected chi connectivity index (χ4v) is 1.96. The summed E-state index contributed by atoms with van der Waals surface area (Å²) in [6, 6.07) is 0. The quantitative estimate of drug-likeness (QED) is 0.803. The van der Waals surface area contributed by atoms with Gasteiger partial charge in [0.1, 0.15) is 0 Å². The van der Waals surface area contributed by atoms with Gasteiger partial charge in [-0.1, -0.05) is 13.8 Å². The molecule has 1 rings (SSSR count). The molecule has 18 heavy (non-hydrogen) atoms. The number of hydrogen-bond donors (Lipinski definition) is 1. The third kappa shape index (κ3) is 3.84. The van der Waals surface area contributed by atoms with Gasteiger partial charge >= 0.3 is 0 Å². The van der Waals surface area contributed by atoms with Crippen molar-refractivity contribution in [1.29, 1.82) is 0 Å². The third-order valence-electron chi connectivity index (χ3n) is 2.76. The first kappa shape index (κ1) is 14.7. The summed E-state index contributed by atoms with van der Waals surface area (Å²) in [5.74, 6) is 0.543. The lowest BCUT2D eigenvalue weighted by atomic mass is 10.1. The first-order valence-electron chi connectivity index (χ1n) is 6.31. The van der Waals surface area contributed by atoms with E-state index in [0.717, 1.165) is 23.5 Å². The molecule has 0 aromatic carbocycles. The van der Waals surface area contributed by atoms with Gasteiger partial charge in [0.15, 0.2) is 0 Å². The van der Waals surface area contributed by atoms with E-state index >= 15 is 0 Å². The highest BCUT2D eigenvalue weighted by Crippen LogP contribution is 2.15. The van der Waals surface area contributed by atoms with Crippen molar-refractivity contribution in [2.45, 2.75) is 40.7 Å². The minimum absolute atomic E-state index is 0.00435. The molecule has 0 aliphatic rings. The molecular weight excluding hydrogens is 228 g/mol. The maximum Gasteiger partial charge on any atom is 0.238 e. The SMILES string of the molecule is Cc1nn(CC(C)C)c(C)c1CC(=O)NN(C)C. The predicted molar refractivity (Wildman–Crippen MR) is 72.1 cm³/mol. The molecule has 0 fully saturated rings. The Morgan fingerprint density at radius 3 is 2.50 bits per heavy atom. The molecule has 1 aromatic rings. The number of rotatable bonds is 5. The van der Waals surface area contributed by atoms with Gasteiger partial charge < -0.3 is 0 Å². The molecule has 1 N–H and O–H groups in total. The van der Waals surface area contributed by atoms with Crippen LogP contribution in [0, 0.1) is 19.8 Å². The minimum atomic E-state index is -0.00435. The van der Waals surface area contributed by atoms with Crippen LogP contribution in [0.5, 0.6) is 0 Å². The maximum absolute atomic E-state index is 11.8. The number of amides is 1. The van der Waals surface area contributed by atoms with Crippen molar-refractivity contribution in [3.05, 3.63) is 17.0 Å². The predicted octanol–water partition coefficient (Wildman–Crippen LogP) is 1.29. The lowest BCUT2D eigenvalue weighted by Gasteiger charge is -2.12. The fourth-order valence-electron chi connectivity index (χ4n) is 1.96. The second-order valence-corrected chi connectivity index (χ2v) is 5.33. The van der Waals surface area contributed by atoms with Crippen LogP contribution in [-0.2, 0) is 17.8 Å². The highest BCUT2D eigenvalue weighted by Gasteiger charge is 2.15. The van der Waals surface area contributed by atoms with Gasteiger partial charge in [-0.3, -0.25) is 14.9 Å². The molecule has 0 unspecified atom stereocenters. The van der Waals surface area contributed by atoms with Gasteiger partial charge in [-0.2, -0.15) is 5.10 Å². The average molecular weight is 252 g/mol. The second kappa shape index (κ2) is 6.00. The number of carbonyl (C=O) groups is 1. The smallest absolute Gasteiger partial charge is 0.238 e. The summed E-state index contributed by atoms with van der Waals surface area (Å²) in [7, 11) is 3.61. The number of carbonyl (C=O) groups excluding carboxylic acids is 1. The third-order valence-corrected chi connectivity index (χ3v) is 2.76. The van der Waals surface area contributed by atoms with Gasteiger partial charge in [-0.05, 0) is 19.8 Å². The van der Waals surface area contributed by atoms with E-state index in [4.69, 9.17) is 0 Å². The summed E-state index contributed by atoms with van der Waals surface area (Å²) in [6.07, 6.45) is 0.383. The van der Waals surface area contributed by atoms with Gasteiger partial charge in [0.2, 0.25) is 5.91 Å². The van der Waals surface area contributed by atoms with E-state index in [1.165, 1.54) is 0 Å². The molecule has 0 aliphatic heterocycles. The zero-order chi connectivity index (χ0) is 13.9. The number of aromatic nitrogens is 2. The molecule has 0 bridgehead atoms. The van der Waals surface area contributed by atoms with Crippen LogP contribution in [0.3, 0.4) is 0 Å². The van der Waals surface area contributed by atoms with Crippen LogP contribution in [0.1, 0.15) is 30.8 Å². The Balaban J connectivity index is 2.83. The summed E-state index contributed by atoms with van der Waals surface area (Å²) in [5, 5.41) is 6.16. The zero-order valence-electron chi connectivity index (χ0n) is 12.2. The molecule has 5 heteroatoms. The maximum atomic E-state index is 11.8. The number of nitrogens with one attached hydrogen (secondary N) is 1. The molecule has 102 valence electrons. The summed E-state index contributed by atoms with van der Waals surface area (Å²) in [5.41, 5.74) is 5.83. The van der Waals surface area contributed by atoms with Crippen molar-refractivity contribution in [2.24, 2.45) is 5.92 Å². The van der Waals surface area contributed by atoms with Crippen LogP contribution < -0.4 is 5.43 Å². The van der Waals surface area contributed by atoms with E-state index in [-0.39, 0.29) is 5.91 Å². The molecule has 1 amide bonds. The van der Waals surface area contributed by atoms with Crippen LogP contribution in [-0.4, -0.2) is 34.8 Å². The summed E-state index contributed by atoms with van der Waals surface area (Å²) < 4.78 is 2.00. The Bertz CT molecular complexity index is 421. The van der Waals surface area contributed by atoms with E-state index in [0.29, 0.717) is 12.3 Å². The van der Waals surface area contributed by atoms with Crippen LogP contribution >= 0.6 is 0 Å². The standard InChI is InChI=1S/C13H24N4O/c1-9(2)8-17-11(4)12(10(3)14-17)7-13(18)15-16(5)6/h9H,7-8H2,1-6H3,(H,15,18). The molecule has 0 radical (unpaired) electrons. The molecule has 1 aromatic heterocycles. The van der Waals surface area contributed by atoms with E-state index < -0.39 is 0 Å².